The summed E-state index contributed by atoms with van der Waals surface area (Å²) in [4.78, 5) is 27.5. The Morgan fingerprint density at radius 2 is 1.03 bits per heavy atom. The molecule has 2 aromatic carbocycles. The lowest BCUT2D eigenvalue weighted by Gasteiger charge is -2.35. The van der Waals surface area contributed by atoms with Crippen LogP contribution in [0.5, 0.6) is 0 Å². The molecule has 0 bridgehead atoms. The Labute approximate surface area is 171 Å². The minimum Gasteiger partial charge on any atom is -0.335 e. The van der Waals surface area contributed by atoms with Crippen LogP contribution in [0.25, 0.3) is 0 Å². The van der Waals surface area contributed by atoms with Crippen LogP contribution in [0.2, 0.25) is 0 Å². The summed E-state index contributed by atoms with van der Waals surface area (Å²) in [5.74, 6) is -1.94. The second kappa shape index (κ2) is 8.20. The molecule has 2 aromatic rings. The smallest absolute Gasteiger partial charge is 0.335 e. The lowest BCUT2D eigenvalue weighted by Crippen LogP contribution is -2.50. The maximum Gasteiger partial charge on any atom is 0.416 e. The Balaban J connectivity index is 1.76. The third-order valence-corrected chi connectivity index (χ3v) is 4.78. The summed E-state index contributed by atoms with van der Waals surface area (Å²) in [5.41, 5.74) is -3.67. The normalized spacial score (nSPS) is 15.2. The van der Waals surface area contributed by atoms with Gasteiger partial charge in [-0.15, -0.1) is 0 Å². The van der Waals surface area contributed by atoms with Crippen LogP contribution in [-0.2, 0) is 12.4 Å². The Morgan fingerprint density at radius 1 is 0.645 bits per heavy atom. The van der Waals surface area contributed by atoms with E-state index in [1.54, 1.807) is 0 Å². The van der Waals surface area contributed by atoms with Crippen molar-refractivity contribution in [3.63, 3.8) is 0 Å². The van der Waals surface area contributed by atoms with Gasteiger partial charge in [0.1, 0.15) is 5.82 Å². The number of nitrogens with zero attached hydrogens (tertiary/aromatic N) is 2. The highest BCUT2D eigenvalue weighted by Gasteiger charge is 2.38. The van der Waals surface area contributed by atoms with Crippen molar-refractivity contribution in [1.29, 1.82) is 0 Å². The number of piperazine rings is 1. The minimum absolute atomic E-state index is 0.0209. The first-order valence-corrected chi connectivity index (χ1v) is 9.00. The van der Waals surface area contributed by atoms with Gasteiger partial charge in [-0.1, -0.05) is 0 Å². The van der Waals surface area contributed by atoms with E-state index in [1.807, 2.05) is 0 Å². The summed E-state index contributed by atoms with van der Waals surface area (Å²) < 4.78 is 91.0. The molecule has 0 N–H and O–H groups in total. The van der Waals surface area contributed by atoms with Crippen molar-refractivity contribution in [3.05, 3.63) is 70.5 Å². The molecule has 1 aliphatic rings. The van der Waals surface area contributed by atoms with Gasteiger partial charge in [0.15, 0.2) is 0 Å². The zero-order valence-corrected chi connectivity index (χ0v) is 15.7. The number of hydrogen-bond donors (Lipinski definition) is 0. The first-order valence-electron chi connectivity index (χ1n) is 9.00. The summed E-state index contributed by atoms with van der Waals surface area (Å²) >= 11 is 0. The van der Waals surface area contributed by atoms with Crippen LogP contribution in [0, 0.1) is 5.82 Å². The van der Waals surface area contributed by atoms with Gasteiger partial charge in [0, 0.05) is 37.3 Å². The molecule has 0 atom stereocenters. The Hall–Kier alpha value is -3.11. The van der Waals surface area contributed by atoms with E-state index < -0.39 is 46.7 Å². The van der Waals surface area contributed by atoms with Crippen LogP contribution >= 0.6 is 0 Å². The van der Waals surface area contributed by atoms with Crippen LogP contribution in [0.15, 0.2) is 42.5 Å². The standard InChI is InChI=1S/C20H15F7N2O2/c21-16-3-1-12(2-4-16)17(30)28-5-7-29(8-6-28)18(31)13-9-14(19(22,23)24)11-15(10-13)20(25,26)27/h1-4,9-11H,5-8H2. The molecule has 0 radical (unpaired) electrons. The van der Waals surface area contributed by atoms with Crippen LogP contribution in [0.4, 0.5) is 30.7 Å². The molecular weight excluding hydrogens is 433 g/mol. The minimum atomic E-state index is -5.06. The molecule has 1 aliphatic heterocycles. The van der Waals surface area contributed by atoms with Crippen molar-refractivity contribution in [2.45, 2.75) is 12.4 Å². The molecule has 0 unspecified atom stereocenters. The quantitative estimate of drug-likeness (QED) is 0.637. The van der Waals surface area contributed by atoms with Gasteiger partial charge in [0.25, 0.3) is 11.8 Å². The average Bonchev–Trinajstić information content (AvgIpc) is 2.72. The third-order valence-electron chi connectivity index (χ3n) is 4.78. The van der Waals surface area contributed by atoms with Crippen molar-refractivity contribution in [1.82, 2.24) is 9.80 Å². The van der Waals surface area contributed by atoms with Crippen LogP contribution < -0.4 is 0 Å². The topological polar surface area (TPSA) is 40.6 Å². The van der Waals surface area contributed by atoms with E-state index in [0.717, 1.165) is 17.0 Å². The van der Waals surface area contributed by atoms with Crippen LogP contribution in [0.3, 0.4) is 0 Å². The number of alkyl halides is 6. The predicted molar refractivity (Wildman–Crippen MR) is 94.7 cm³/mol. The molecule has 1 heterocycles. The molecule has 1 saturated heterocycles. The van der Waals surface area contributed by atoms with Gasteiger partial charge in [0.2, 0.25) is 0 Å². The number of benzene rings is 2. The number of amides is 2. The highest BCUT2D eigenvalue weighted by atomic mass is 19.4. The summed E-state index contributed by atoms with van der Waals surface area (Å²) in [6, 6.07) is 5.52. The monoisotopic (exact) mass is 448 g/mol. The number of hydrogen-bond acceptors (Lipinski definition) is 2. The number of carbonyl (C=O) groups is 2. The highest BCUT2D eigenvalue weighted by Crippen LogP contribution is 2.36. The summed E-state index contributed by atoms with van der Waals surface area (Å²) in [6.45, 7) is -0.118. The fourth-order valence-corrected chi connectivity index (χ4v) is 3.15. The number of rotatable bonds is 2. The average molecular weight is 448 g/mol. The zero-order chi connectivity index (χ0) is 23.0. The molecule has 3 rings (SSSR count). The molecule has 2 amide bonds. The van der Waals surface area contributed by atoms with Gasteiger partial charge in [0.05, 0.1) is 11.1 Å². The second-order valence-electron chi connectivity index (χ2n) is 6.89. The predicted octanol–water partition coefficient (Wildman–Crippen LogP) is 4.46. The van der Waals surface area contributed by atoms with E-state index in [0.29, 0.717) is 12.1 Å². The van der Waals surface area contributed by atoms with E-state index in [-0.39, 0.29) is 37.8 Å². The number of carbonyl (C=O) groups excluding carboxylic acids is 2. The molecule has 1 fully saturated rings. The maximum absolute atomic E-state index is 13.0. The zero-order valence-electron chi connectivity index (χ0n) is 15.7. The SMILES string of the molecule is O=C(c1ccc(F)cc1)N1CCN(C(=O)c2cc(C(F)(F)F)cc(C(F)(F)F)c2)CC1. The van der Waals surface area contributed by atoms with E-state index in [1.165, 1.54) is 17.0 Å². The molecule has 166 valence electrons. The Bertz CT molecular complexity index is 944. The lowest BCUT2D eigenvalue weighted by molar-refractivity contribution is -0.143. The fourth-order valence-electron chi connectivity index (χ4n) is 3.15. The molecule has 0 aliphatic carbocycles. The second-order valence-corrected chi connectivity index (χ2v) is 6.89. The van der Waals surface area contributed by atoms with Crippen molar-refractivity contribution in [2.75, 3.05) is 26.2 Å². The van der Waals surface area contributed by atoms with Crippen LogP contribution in [0.1, 0.15) is 31.8 Å². The first kappa shape index (κ1) is 22.6. The lowest BCUT2D eigenvalue weighted by atomic mass is 10.0. The summed E-state index contributed by atoms with van der Waals surface area (Å²) in [7, 11) is 0. The Morgan fingerprint density at radius 3 is 1.42 bits per heavy atom. The van der Waals surface area contributed by atoms with Gasteiger partial charge < -0.3 is 9.80 Å². The Kier molecular flexibility index (Phi) is 5.97. The van der Waals surface area contributed by atoms with Crippen molar-refractivity contribution in [3.8, 4) is 0 Å². The summed E-state index contributed by atoms with van der Waals surface area (Å²) in [6.07, 6.45) is -10.1. The van der Waals surface area contributed by atoms with Gasteiger partial charge >= 0.3 is 12.4 Å². The number of halogens is 7. The van der Waals surface area contributed by atoms with Crippen molar-refractivity contribution >= 4 is 11.8 Å². The largest absolute Gasteiger partial charge is 0.416 e. The van der Waals surface area contributed by atoms with Gasteiger partial charge in [-0.3, -0.25) is 9.59 Å². The van der Waals surface area contributed by atoms with E-state index >= 15 is 0 Å². The highest BCUT2D eigenvalue weighted by molar-refractivity contribution is 5.96. The van der Waals surface area contributed by atoms with Gasteiger partial charge in [-0.2, -0.15) is 26.3 Å². The molecule has 0 aromatic heterocycles. The maximum atomic E-state index is 13.0. The summed E-state index contributed by atoms with van der Waals surface area (Å²) in [5, 5.41) is 0. The molecule has 11 heteroatoms. The van der Waals surface area contributed by atoms with E-state index in [9.17, 15) is 40.3 Å². The molecule has 4 nitrogen and oxygen atoms in total. The molecular formula is C20H15F7N2O2. The van der Waals surface area contributed by atoms with Gasteiger partial charge in [-0.05, 0) is 42.5 Å². The van der Waals surface area contributed by atoms with Crippen LogP contribution in [-0.4, -0.2) is 47.8 Å². The van der Waals surface area contributed by atoms with E-state index in [2.05, 4.69) is 0 Å². The molecule has 0 spiro atoms. The van der Waals surface area contributed by atoms with Gasteiger partial charge in [-0.25, -0.2) is 4.39 Å². The third kappa shape index (κ3) is 5.15. The fraction of sp³-hybridized carbons (Fsp3) is 0.300. The van der Waals surface area contributed by atoms with Crippen molar-refractivity contribution < 1.29 is 40.3 Å². The molecule has 0 saturated carbocycles. The first-order chi connectivity index (χ1) is 14.4. The van der Waals surface area contributed by atoms with Crippen molar-refractivity contribution in [2.24, 2.45) is 0 Å². The van der Waals surface area contributed by atoms with E-state index in [4.69, 9.17) is 0 Å². The molecule has 31 heavy (non-hydrogen) atoms.